The summed E-state index contributed by atoms with van der Waals surface area (Å²) in [6.45, 7) is 5.54. The maximum Gasteiger partial charge on any atom is 0.251 e. The number of methoxy groups -OCH3 is 1. The average Bonchev–Trinajstić information content (AvgIpc) is 2.62. The highest BCUT2D eigenvalue weighted by Gasteiger charge is 2.20. The number of carbonyl (C=O) groups excluding carboxylic acids is 2. The topological polar surface area (TPSA) is 67.4 Å². The fourth-order valence-corrected chi connectivity index (χ4v) is 2.54. The second kappa shape index (κ2) is 8.33. The van der Waals surface area contributed by atoms with Gasteiger partial charge in [-0.1, -0.05) is 35.9 Å². The van der Waals surface area contributed by atoms with Crippen molar-refractivity contribution in [3.63, 3.8) is 0 Å². The van der Waals surface area contributed by atoms with Crippen molar-refractivity contribution in [2.45, 2.75) is 32.9 Å². The summed E-state index contributed by atoms with van der Waals surface area (Å²) in [6, 6.07) is 13.8. The third-order valence-corrected chi connectivity index (χ3v) is 3.99. The first kappa shape index (κ1) is 18.5. The monoisotopic (exact) mass is 340 g/mol. The molecule has 2 N–H and O–H groups in total. The Kier molecular flexibility index (Phi) is 6.17. The van der Waals surface area contributed by atoms with Crippen LogP contribution in [0.15, 0.2) is 48.5 Å². The Morgan fingerprint density at radius 1 is 1.00 bits per heavy atom. The van der Waals surface area contributed by atoms with E-state index >= 15 is 0 Å². The molecule has 0 bridgehead atoms. The molecule has 0 aliphatic heterocycles. The predicted molar refractivity (Wildman–Crippen MR) is 97.7 cm³/mol. The van der Waals surface area contributed by atoms with E-state index in [9.17, 15) is 9.59 Å². The van der Waals surface area contributed by atoms with Crippen molar-refractivity contribution >= 4 is 11.8 Å². The predicted octanol–water partition coefficient (Wildman–Crippen LogP) is 3.00. The van der Waals surface area contributed by atoms with E-state index in [0.717, 1.165) is 16.9 Å². The Bertz CT molecular complexity index is 744. The molecule has 5 nitrogen and oxygen atoms in total. The fourth-order valence-electron chi connectivity index (χ4n) is 2.54. The third kappa shape index (κ3) is 4.83. The minimum Gasteiger partial charge on any atom is -0.496 e. The molecule has 2 aromatic rings. The molecule has 0 radical (unpaired) electrons. The van der Waals surface area contributed by atoms with Crippen LogP contribution in [-0.2, 0) is 4.79 Å². The van der Waals surface area contributed by atoms with Gasteiger partial charge in [-0.15, -0.1) is 0 Å². The van der Waals surface area contributed by atoms with Gasteiger partial charge in [-0.2, -0.15) is 0 Å². The zero-order chi connectivity index (χ0) is 18.4. The molecule has 132 valence electrons. The summed E-state index contributed by atoms with van der Waals surface area (Å²) < 4.78 is 5.36. The second-order valence-electron chi connectivity index (χ2n) is 6.04. The van der Waals surface area contributed by atoms with Crippen LogP contribution in [-0.4, -0.2) is 25.0 Å². The van der Waals surface area contributed by atoms with E-state index in [1.807, 2.05) is 38.1 Å². The zero-order valence-electron chi connectivity index (χ0n) is 15.0. The molecule has 0 aromatic heterocycles. The molecule has 0 spiro atoms. The molecular weight excluding hydrogens is 316 g/mol. The third-order valence-electron chi connectivity index (χ3n) is 3.99. The van der Waals surface area contributed by atoms with E-state index < -0.39 is 6.04 Å². The highest BCUT2D eigenvalue weighted by atomic mass is 16.5. The van der Waals surface area contributed by atoms with Crippen LogP contribution in [0.2, 0.25) is 0 Å². The van der Waals surface area contributed by atoms with Gasteiger partial charge in [0.2, 0.25) is 5.91 Å². The van der Waals surface area contributed by atoms with Crippen LogP contribution in [0.5, 0.6) is 5.75 Å². The molecule has 1 unspecified atom stereocenters. The van der Waals surface area contributed by atoms with E-state index in [4.69, 9.17) is 4.74 Å². The minimum atomic E-state index is -0.647. The Morgan fingerprint density at radius 2 is 1.68 bits per heavy atom. The lowest BCUT2D eigenvalue weighted by Gasteiger charge is -2.21. The lowest BCUT2D eigenvalue weighted by atomic mass is 10.0. The number of hydrogen-bond donors (Lipinski definition) is 2. The first-order valence-electron chi connectivity index (χ1n) is 8.23. The number of hydrogen-bond acceptors (Lipinski definition) is 3. The van der Waals surface area contributed by atoms with Crippen LogP contribution in [0, 0.1) is 6.92 Å². The molecule has 5 heteroatoms. The Balaban J connectivity index is 2.01. The molecule has 2 rings (SSSR count). The summed E-state index contributed by atoms with van der Waals surface area (Å²) in [5, 5.41) is 5.63. The van der Waals surface area contributed by atoms with Gasteiger partial charge in [0, 0.05) is 11.1 Å². The molecule has 0 saturated carbocycles. The molecule has 0 heterocycles. The number of ether oxygens (including phenoxy) is 1. The van der Waals surface area contributed by atoms with Gasteiger partial charge in [0.15, 0.2) is 0 Å². The van der Waals surface area contributed by atoms with Crippen molar-refractivity contribution in [1.82, 2.24) is 10.6 Å². The Hall–Kier alpha value is -2.82. The number of carbonyl (C=O) groups is 2. The Labute approximate surface area is 148 Å². The lowest BCUT2D eigenvalue weighted by Crippen LogP contribution is -2.45. The fraction of sp³-hybridized carbons (Fsp3) is 0.300. The van der Waals surface area contributed by atoms with E-state index in [-0.39, 0.29) is 17.9 Å². The Morgan fingerprint density at radius 3 is 2.32 bits per heavy atom. The largest absolute Gasteiger partial charge is 0.496 e. The van der Waals surface area contributed by atoms with Gasteiger partial charge in [0.05, 0.1) is 13.2 Å². The van der Waals surface area contributed by atoms with Crippen LogP contribution >= 0.6 is 0 Å². The molecule has 0 saturated heterocycles. The normalized spacial score (nSPS) is 12.8. The van der Waals surface area contributed by atoms with Crippen LogP contribution < -0.4 is 15.4 Å². The molecule has 2 amide bonds. The van der Waals surface area contributed by atoms with Crippen molar-refractivity contribution in [3.05, 3.63) is 65.2 Å². The SMILES string of the molecule is COc1ccc(C)cc1C(C)NC(=O)[C@H](C)NC(=O)c1ccccc1. The van der Waals surface area contributed by atoms with E-state index in [1.54, 1.807) is 38.3 Å². The van der Waals surface area contributed by atoms with Crippen molar-refractivity contribution in [1.29, 1.82) is 0 Å². The zero-order valence-corrected chi connectivity index (χ0v) is 15.0. The smallest absolute Gasteiger partial charge is 0.251 e. The summed E-state index contributed by atoms with van der Waals surface area (Å²) in [5.74, 6) is 0.198. The molecule has 0 aliphatic rings. The van der Waals surface area contributed by atoms with Gasteiger partial charge < -0.3 is 15.4 Å². The molecule has 0 fully saturated rings. The van der Waals surface area contributed by atoms with Crippen molar-refractivity contribution < 1.29 is 14.3 Å². The van der Waals surface area contributed by atoms with Gasteiger partial charge in [0.25, 0.3) is 5.91 Å². The first-order valence-corrected chi connectivity index (χ1v) is 8.23. The highest BCUT2D eigenvalue weighted by molar-refractivity contribution is 5.97. The number of benzene rings is 2. The van der Waals surface area contributed by atoms with E-state index in [0.29, 0.717) is 5.56 Å². The minimum absolute atomic E-state index is 0.238. The van der Waals surface area contributed by atoms with Crippen molar-refractivity contribution in [2.24, 2.45) is 0 Å². The van der Waals surface area contributed by atoms with Crippen LogP contribution in [0.4, 0.5) is 0 Å². The van der Waals surface area contributed by atoms with E-state index in [1.165, 1.54) is 0 Å². The summed E-state index contributed by atoms with van der Waals surface area (Å²) in [7, 11) is 1.60. The van der Waals surface area contributed by atoms with Crippen molar-refractivity contribution in [2.75, 3.05) is 7.11 Å². The molecule has 0 aliphatic carbocycles. The highest BCUT2D eigenvalue weighted by Crippen LogP contribution is 2.26. The van der Waals surface area contributed by atoms with Crippen LogP contribution in [0.3, 0.4) is 0 Å². The number of aryl methyl sites for hydroxylation is 1. The summed E-state index contributed by atoms with van der Waals surface area (Å²) >= 11 is 0. The lowest BCUT2D eigenvalue weighted by molar-refractivity contribution is -0.123. The standard InChI is InChI=1S/C20H24N2O3/c1-13-10-11-18(25-4)17(12-13)14(2)21-19(23)15(3)22-20(24)16-8-6-5-7-9-16/h5-12,14-15H,1-4H3,(H,21,23)(H,22,24)/t14?,15-/m0/s1. The van der Waals surface area contributed by atoms with Gasteiger partial charge in [0.1, 0.15) is 11.8 Å². The molecule has 25 heavy (non-hydrogen) atoms. The quantitative estimate of drug-likeness (QED) is 0.849. The van der Waals surface area contributed by atoms with E-state index in [2.05, 4.69) is 10.6 Å². The molecule has 2 aromatic carbocycles. The summed E-state index contributed by atoms with van der Waals surface area (Å²) in [4.78, 5) is 24.6. The van der Waals surface area contributed by atoms with Crippen LogP contribution in [0.25, 0.3) is 0 Å². The summed E-state index contributed by atoms with van der Waals surface area (Å²) in [6.07, 6.45) is 0. The maximum absolute atomic E-state index is 12.4. The molecule has 2 atom stereocenters. The maximum atomic E-state index is 12.4. The van der Waals surface area contributed by atoms with Crippen LogP contribution in [0.1, 0.15) is 41.4 Å². The van der Waals surface area contributed by atoms with Gasteiger partial charge in [-0.05, 0) is 39.0 Å². The average molecular weight is 340 g/mol. The number of nitrogens with one attached hydrogen (secondary N) is 2. The second-order valence-corrected chi connectivity index (χ2v) is 6.04. The van der Waals surface area contributed by atoms with Gasteiger partial charge in [-0.3, -0.25) is 9.59 Å². The summed E-state index contributed by atoms with van der Waals surface area (Å²) in [5.41, 5.74) is 2.51. The molecular formula is C20H24N2O3. The first-order chi connectivity index (χ1) is 11.9. The number of amides is 2. The van der Waals surface area contributed by atoms with Gasteiger partial charge >= 0.3 is 0 Å². The van der Waals surface area contributed by atoms with Gasteiger partial charge in [-0.25, -0.2) is 0 Å². The van der Waals surface area contributed by atoms with Crippen molar-refractivity contribution in [3.8, 4) is 5.75 Å². The number of rotatable bonds is 6.